The molecule has 0 aliphatic heterocycles. The van der Waals surface area contributed by atoms with E-state index in [1.54, 1.807) is 12.1 Å². The lowest BCUT2D eigenvalue weighted by molar-refractivity contribution is -0.114. The smallest absolute Gasteiger partial charge is 0.221 e. The van der Waals surface area contributed by atoms with Crippen LogP contribution in [0.3, 0.4) is 0 Å². The van der Waals surface area contributed by atoms with Crippen LogP contribution in [0, 0.1) is 12.7 Å². The van der Waals surface area contributed by atoms with Crippen molar-refractivity contribution in [3.63, 3.8) is 0 Å². The maximum absolute atomic E-state index is 12.9. The fourth-order valence-corrected chi connectivity index (χ4v) is 2.26. The van der Waals surface area contributed by atoms with Crippen molar-refractivity contribution >= 4 is 33.3 Å². The lowest BCUT2D eigenvalue weighted by atomic mass is 9.99. The van der Waals surface area contributed by atoms with E-state index in [1.165, 1.54) is 31.2 Å². The number of ketones is 1. The molecule has 0 radical (unpaired) electrons. The molecule has 0 heterocycles. The van der Waals surface area contributed by atoms with Gasteiger partial charge in [-0.3, -0.25) is 9.59 Å². The molecule has 108 valence electrons. The van der Waals surface area contributed by atoms with Crippen LogP contribution in [0.5, 0.6) is 0 Å². The molecule has 0 bridgehead atoms. The molecular formula is C16H13BrFNO2. The molecule has 21 heavy (non-hydrogen) atoms. The van der Waals surface area contributed by atoms with E-state index >= 15 is 0 Å². The molecule has 2 rings (SSSR count). The molecule has 0 saturated heterocycles. The van der Waals surface area contributed by atoms with E-state index in [4.69, 9.17) is 0 Å². The predicted octanol–water partition coefficient (Wildman–Crippen LogP) is 4.09. The lowest BCUT2D eigenvalue weighted by Crippen LogP contribution is -2.12. The van der Waals surface area contributed by atoms with Crippen LogP contribution in [0.4, 0.5) is 10.1 Å². The summed E-state index contributed by atoms with van der Waals surface area (Å²) in [6.07, 6.45) is 0. The quantitative estimate of drug-likeness (QED) is 0.848. The van der Waals surface area contributed by atoms with E-state index in [0.29, 0.717) is 16.8 Å². The summed E-state index contributed by atoms with van der Waals surface area (Å²) in [5.41, 5.74) is 2.03. The minimum atomic E-state index is -0.402. The number of halogens is 2. The van der Waals surface area contributed by atoms with E-state index in [0.717, 1.165) is 10.0 Å². The molecule has 0 atom stereocenters. The van der Waals surface area contributed by atoms with Crippen molar-refractivity contribution in [3.05, 3.63) is 63.4 Å². The van der Waals surface area contributed by atoms with Crippen LogP contribution in [-0.4, -0.2) is 11.7 Å². The third kappa shape index (κ3) is 3.55. The number of anilines is 1. The lowest BCUT2D eigenvalue weighted by Gasteiger charge is -2.12. The van der Waals surface area contributed by atoms with E-state index in [2.05, 4.69) is 21.2 Å². The SMILES string of the molecule is CC(=O)Nc1cc(Br)c(C)cc1C(=O)c1ccc(F)cc1. The highest BCUT2D eigenvalue weighted by atomic mass is 79.9. The first-order chi connectivity index (χ1) is 9.88. The third-order valence-corrected chi connectivity index (χ3v) is 3.81. The molecule has 0 fully saturated rings. The van der Waals surface area contributed by atoms with Gasteiger partial charge in [0.1, 0.15) is 5.82 Å². The van der Waals surface area contributed by atoms with Crippen molar-refractivity contribution in [2.45, 2.75) is 13.8 Å². The minimum absolute atomic E-state index is 0.265. The molecule has 0 unspecified atom stereocenters. The number of carbonyl (C=O) groups excluding carboxylic acids is 2. The number of hydrogen-bond acceptors (Lipinski definition) is 2. The first kappa shape index (κ1) is 15.4. The average molecular weight is 350 g/mol. The molecule has 0 aliphatic rings. The summed E-state index contributed by atoms with van der Waals surface area (Å²) in [5.74, 6) is -0.936. The maximum Gasteiger partial charge on any atom is 0.221 e. The summed E-state index contributed by atoms with van der Waals surface area (Å²) < 4.78 is 13.7. The van der Waals surface area contributed by atoms with Gasteiger partial charge in [0, 0.05) is 22.5 Å². The Bertz CT molecular complexity index is 711. The summed E-state index contributed by atoms with van der Waals surface area (Å²) in [6, 6.07) is 8.70. The Kier molecular flexibility index (Phi) is 4.53. The van der Waals surface area contributed by atoms with Gasteiger partial charge in [0.15, 0.2) is 5.78 Å². The summed E-state index contributed by atoms with van der Waals surface area (Å²) >= 11 is 3.37. The molecule has 0 aromatic heterocycles. The van der Waals surface area contributed by atoms with Crippen molar-refractivity contribution in [1.82, 2.24) is 0 Å². The van der Waals surface area contributed by atoms with Crippen LogP contribution < -0.4 is 5.32 Å². The van der Waals surface area contributed by atoms with Crippen LogP contribution >= 0.6 is 15.9 Å². The highest BCUT2D eigenvalue weighted by molar-refractivity contribution is 9.10. The van der Waals surface area contributed by atoms with Gasteiger partial charge < -0.3 is 5.32 Å². The van der Waals surface area contributed by atoms with Crippen molar-refractivity contribution in [2.75, 3.05) is 5.32 Å². The molecule has 0 aliphatic carbocycles. The monoisotopic (exact) mass is 349 g/mol. The zero-order valence-electron chi connectivity index (χ0n) is 11.5. The zero-order chi connectivity index (χ0) is 15.6. The second-order valence-electron chi connectivity index (χ2n) is 4.66. The fraction of sp³-hybridized carbons (Fsp3) is 0.125. The average Bonchev–Trinajstić information content (AvgIpc) is 2.42. The Labute approximate surface area is 130 Å². The van der Waals surface area contributed by atoms with Gasteiger partial charge in [-0.25, -0.2) is 4.39 Å². The number of hydrogen-bond donors (Lipinski definition) is 1. The maximum atomic E-state index is 12.9. The van der Waals surface area contributed by atoms with Gasteiger partial charge in [0.25, 0.3) is 0 Å². The number of carbonyl (C=O) groups is 2. The molecule has 5 heteroatoms. The largest absolute Gasteiger partial charge is 0.326 e. The van der Waals surface area contributed by atoms with Gasteiger partial charge in [-0.1, -0.05) is 15.9 Å². The van der Waals surface area contributed by atoms with Crippen LogP contribution in [0.15, 0.2) is 40.9 Å². The molecule has 2 aromatic rings. The molecule has 1 amide bonds. The van der Waals surface area contributed by atoms with Gasteiger partial charge in [0.05, 0.1) is 5.69 Å². The first-order valence-electron chi connectivity index (χ1n) is 6.26. The fourth-order valence-electron chi connectivity index (χ4n) is 1.92. The summed E-state index contributed by atoms with van der Waals surface area (Å²) in [4.78, 5) is 23.8. The van der Waals surface area contributed by atoms with Crippen molar-refractivity contribution in [3.8, 4) is 0 Å². The Balaban J connectivity index is 2.50. The summed E-state index contributed by atoms with van der Waals surface area (Å²) in [7, 11) is 0. The van der Waals surface area contributed by atoms with Crippen LogP contribution in [0.25, 0.3) is 0 Å². The standard InChI is InChI=1S/C16H13BrFNO2/c1-9-7-13(15(8-14(9)17)19-10(2)20)16(21)11-3-5-12(18)6-4-11/h3-8H,1-2H3,(H,19,20). The number of benzene rings is 2. The van der Waals surface area contributed by atoms with Gasteiger partial charge in [-0.2, -0.15) is 0 Å². The second-order valence-corrected chi connectivity index (χ2v) is 5.52. The Morgan fingerprint density at radius 2 is 1.76 bits per heavy atom. The minimum Gasteiger partial charge on any atom is -0.326 e. The molecular weight excluding hydrogens is 337 g/mol. The molecule has 1 N–H and O–H groups in total. The Morgan fingerprint density at radius 1 is 1.14 bits per heavy atom. The topological polar surface area (TPSA) is 46.2 Å². The Morgan fingerprint density at radius 3 is 2.33 bits per heavy atom. The highest BCUT2D eigenvalue weighted by Crippen LogP contribution is 2.27. The van der Waals surface area contributed by atoms with Crippen LogP contribution in [0.1, 0.15) is 28.4 Å². The molecule has 0 spiro atoms. The third-order valence-electron chi connectivity index (χ3n) is 2.96. The van der Waals surface area contributed by atoms with E-state index in [9.17, 15) is 14.0 Å². The zero-order valence-corrected chi connectivity index (χ0v) is 13.1. The van der Waals surface area contributed by atoms with Crippen molar-refractivity contribution in [1.29, 1.82) is 0 Å². The normalized spacial score (nSPS) is 10.3. The van der Waals surface area contributed by atoms with E-state index < -0.39 is 5.82 Å². The van der Waals surface area contributed by atoms with Crippen LogP contribution in [-0.2, 0) is 4.79 Å². The number of aryl methyl sites for hydroxylation is 1. The predicted molar refractivity (Wildman–Crippen MR) is 83.0 cm³/mol. The summed E-state index contributed by atoms with van der Waals surface area (Å²) in [6.45, 7) is 3.23. The van der Waals surface area contributed by atoms with Crippen molar-refractivity contribution in [2.24, 2.45) is 0 Å². The Hall–Kier alpha value is -2.01. The van der Waals surface area contributed by atoms with E-state index in [1.807, 2.05) is 6.92 Å². The molecule has 0 saturated carbocycles. The first-order valence-corrected chi connectivity index (χ1v) is 7.06. The number of rotatable bonds is 3. The van der Waals surface area contributed by atoms with Crippen molar-refractivity contribution < 1.29 is 14.0 Å². The molecule has 2 aromatic carbocycles. The number of nitrogens with one attached hydrogen (secondary N) is 1. The van der Waals surface area contributed by atoms with Gasteiger partial charge in [-0.05, 0) is 48.9 Å². The number of amides is 1. The van der Waals surface area contributed by atoms with Gasteiger partial charge in [0.2, 0.25) is 5.91 Å². The van der Waals surface area contributed by atoms with Gasteiger partial charge >= 0.3 is 0 Å². The highest BCUT2D eigenvalue weighted by Gasteiger charge is 2.16. The van der Waals surface area contributed by atoms with Gasteiger partial charge in [-0.15, -0.1) is 0 Å². The van der Waals surface area contributed by atoms with Crippen LogP contribution in [0.2, 0.25) is 0 Å². The second kappa shape index (κ2) is 6.18. The van der Waals surface area contributed by atoms with E-state index in [-0.39, 0.29) is 11.7 Å². The molecule has 3 nitrogen and oxygen atoms in total. The summed E-state index contributed by atoms with van der Waals surface area (Å²) in [5, 5.41) is 2.64.